The van der Waals surface area contributed by atoms with Gasteiger partial charge in [0, 0.05) is 25.0 Å². The Balaban J connectivity index is 0.00000220. The number of nitrogens with one attached hydrogen (secondary N) is 2. The lowest BCUT2D eigenvalue weighted by Gasteiger charge is -2.21. The first-order valence-corrected chi connectivity index (χ1v) is 7.33. The highest BCUT2D eigenvalue weighted by atomic mass is 127. The zero-order valence-electron chi connectivity index (χ0n) is 12.9. The molecule has 2 N–H and O–H groups in total. The predicted octanol–water partition coefficient (Wildman–Crippen LogP) is 3.44. The molecule has 1 aliphatic rings. The molecule has 0 aliphatic heterocycles. The Hall–Kier alpha value is -0.850. The van der Waals surface area contributed by atoms with Crippen LogP contribution in [0.15, 0.2) is 29.3 Å². The van der Waals surface area contributed by atoms with Gasteiger partial charge < -0.3 is 10.6 Å². The molecule has 1 aromatic rings. The minimum Gasteiger partial charge on any atom is -0.356 e. The highest BCUT2D eigenvalue weighted by molar-refractivity contribution is 14.0. The Labute approximate surface area is 143 Å². The zero-order valence-corrected chi connectivity index (χ0v) is 15.3. The summed E-state index contributed by atoms with van der Waals surface area (Å²) in [5.41, 5.74) is 0.768. The summed E-state index contributed by atoms with van der Waals surface area (Å²) in [7, 11) is 1.76. The van der Waals surface area contributed by atoms with E-state index < -0.39 is 0 Å². The molecule has 1 saturated carbocycles. The molecule has 0 amide bonds. The summed E-state index contributed by atoms with van der Waals surface area (Å²) in [6.45, 7) is 4.98. The average molecular weight is 405 g/mol. The summed E-state index contributed by atoms with van der Waals surface area (Å²) < 4.78 is 13.9. The lowest BCUT2D eigenvalue weighted by Crippen LogP contribution is -2.44. The summed E-state index contributed by atoms with van der Waals surface area (Å²) >= 11 is 0. The van der Waals surface area contributed by atoms with Crippen molar-refractivity contribution in [3.8, 4) is 0 Å². The Morgan fingerprint density at radius 2 is 2.05 bits per heavy atom. The van der Waals surface area contributed by atoms with Gasteiger partial charge in [-0.25, -0.2) is 4.39 Å². The van der Waals surface area contributed by atoms with Crippen LogP contribution in [-0.4, -0.2) is 25.6 Å². The number of hydrogen-bond acceptors (Lipinski definition) is 1. The van der Waals surface area contributed by atoms with E-state index in [0.717, 1.165) is 37.3 Å². The molecule has 1 unspecified atom stereocenters. The summed E-state index contributed by atoms with van der Waals surface area (Å²) in [6, 6.07) is 7.47. The van der Waals surface area contributed by atoms with Crippen molar-refractivity contribution in [2.24, 2.45) is 4.99 Å². The van der Waals surface area contributed by atoms with Crippen LogP contribution in [0.3, 0.4) is 0 Å². The number of aliphatic imine (C=N–C) groups is 1. The van der Waals surface area contributed by atoms with E-state index >= 15 is 0 Å². The quantitative estimate of drug-likeness (QED) is 0.448. The van der Waals surface area contributed by atoms with Crippen LogP contribution in [0.2, 0.25) is 0 Å². The van der Waals surface area contributed by atoms with E-state index in [-0.39, 0.29) is 35.2 Å². The Bertz CT molecular complexity index is 486. The standard InChI is InChI=1S/C16H24FN3.HI/c1-4-12(2)20-15(18-3)19-11-16(9-10-16)13-7-5-6-8-14(13)17;/h5-8,12H,4,9-11H2,1-3H3,(H2,18,19,20);1H. The maximum atomic E-state index is 13.9. The first-order valence-electron chi connectivity index (χ1n) is 7.33. The molecule has 0 aromatic heterocycles. The predicted molar refractivity (Wildman–Crippen MR) is 97.0 cm³/mol. The topological polar surface area (TPSA) is 36.4 Å². The zero-order chi connectivity index (χ0) is 14.6. The molecule has 1 aliphatic carbocycles. The van der Waals surface area contributed by atoms with Gasteiger partial charge in [-0.05, 0) is 37.8 Å². The molecule has 0 heterocycles. The minimum atomic E-state index is -0.100. The molecular formula is C16H25FIN3. The van der Waals surface area contributed by atoms with Crippen LogP contribution in [0.4, 0.5) is 4.39 Å². The summed E-state index contributed by atoms with van der Waals surface area (Å²) in [4.78, 5) is 4.22. The molecule has 1 atom stereocenters. The Morgan fingerprint density at radius 3 is 2.57 bits per heavy atom. The highest BCUT2D eigenvalue weighted by Gasteiger charge is 2.45. The van der Waals surface area contributed by atoms with Crippen LogP contribution in [0, 0.1) is 5.82 Å². The number of nitrogens with zero attached hydrogens (tertiary/aromatic N) is 1. The monoisotopic (exact) mass is 405 g/mol. The van der Waals surface area contributed by atoms with Gasteiger partial charge in [-0.1, -0.05) is 25.1 Å². The van der Waals surface area contributed by atoms with Crippen molar-refractivity contribution in [1.82, 2.24) is 10.6 Å². The molecule has 0 radical (unpaired) electrons. The highest BCUT2D eigenvalue weighted by Crippen LogP contribution is 2.48. The van der Waals surface area contributed by atoms with Crippen LogP contribution < -0.4 is 10.6 Å². The van der Waals surface area contributed by atoms with Gasteiger partial charge in [-0.3, -0.25) is 4.99 Å². The fourth-order valence-corrected chi connectivity index (χ4v) is 2.37. The number of rotatable bonds is 5. The second-order valence-electron chi connectivity index (χ2n) is 5.64. The minimum absolute atomic E-state index is 0. The van der Waals surface area contributed by atoms with Crippen molar-refractivity contribution in [3.63, 3.8) is 0 Å². The van der Waals surface area contributed by atoms with Crippen molar-refractivity contribution in [2.75, 3.05) is 13.6 Å². The molecule has 3 nitrogen and oxygen atoms in total. The van der Waals surface area contributed by atoms with Crippen molar-refractivity contribution >= 4 is 29.9 Å². The maximum Gasteiger partial charge on any atom is 0.191 e. The van der Waals surface area contributed by atoms with Gasteiger partial charge in [-0.15, -0.1) is 24.0 Å². The fraction of sp³-hybridized carbons (Fsp3) is 0.562. The van der Waals surface area contributed by atoms with Gasteiger partial charge in [0.1, 0.15) is 5.82 Å². The molecule has 118 valence electrons. The Kier molecular flexibility index (Phi) is 6.90. The van der Waals surface area contributed by atoms with Crippen molar-refractivity contribution in [2.45, 2.75) is 44.6 Å². The number of benzene rings is 1. The van der Waals surface area contributed by atoms with E-state index in [2.05, 4.69) is 29.5 Å². The summed E-state index contributed by atoms with van der Waals surface area (Å²) in [5.74, 6) is 0.693. The van der Waals surface area contributed by atoms with Gasteiger partial charge in [0.25, 0.3) is 0 Å². The van der Waals surface area contributed by atoms with Gasteiger partial charge in [0.2, 0.25) is 0 Å². The van der Waals surface area contributed by atoms with Gasteiger partial charge in [0.05, 0.1) is 0 Å². The van der Waals surface area contributed by atoms with Crippen LogP contribution >= 0.6 is 24.0 Å². The molecule has 0 bridgehead atoms. The van der Waals surface area contributed by atoms with E-state index in [9.17, 15) is 4.39 Å². The van der Waals surface area contributed by atoms with E-state index in [1.165, 1.54) is 0 Å². The van der Waals surface area contributed by atoms with Crippen LogP contribution in [-0.2, 0) is 5.41 Å². The SMILES string of the molecule is CCC(C)NC(=NC)NCC1(c2ccccc2F)CC1.I. The second-order valence-corrected chi connectivity index (χ2v) is 5.64. The maximum absolute atomic E-state index is 13.9. The lowest BCUT2D eigenvalue weighted by molar-refractivity contribution is 0.554. The van der Waals surface area contributed by atoms with E-state index in [4.69, 9.17) is 0 Å². The van der Waals surface area contributed by atoms with Gasteiger partial charge in [-0.2, -0.15) is 0 Å². The largest absolute Gasteiger partial charge is 0.356 e. The number of hydrogen-bond donors (Lipinski definition) is 2. The van der Waals surface area contributed by atoms with Gasteiger partial charge in [0.15, 0.2) is 5.96 Å². The number of guanidine groups is 1. The normalized spacial score (nSPS) is 17.6. The third-order valence-electron chi connectivity index (χ3n) is 4.11. The first-order chi connectivity index (χ1) is 9.61. The van der Waals surface area contributed by atoms with Crippen molar-refractivity contribution in [1.29, 1.82) is 0 Å². The molecule has 1 fully saturated rings. The number of halogens is 2. The molecule has 0 saturated heterocycles. The summed E-state index contributed by atoms with van der Waals surface area (Å²) in [5, 5.41) is 6.66. The van der Waals surface area contributed by atoms with Crippen LogP contribution in [0.5, 0.6) is 0 Å². The van der Waals surface area contributed by atoms with E-state index in [0.29, 0.717) is 6.04 Å². The molecule has 5 heteroatoms. The Morgan fingerprint density at radius 1 is 1.38 bits per heavy atom. The van der Waals surface area contributed by atoms with E-state index in [1.54, 1.807) is 19.2 Å². The summed E-state index contributed by atoms with van der Waals surface area (Å²) in [6.07, 6.45) is 3.10. The molecule has 2 rings (SSSR count). The molecule has 0 spiro atoms. The fourth-order valence-electron chi connectivity index (χ4n) is 2.37. The lowest BCUT2D eigenvalue weighted by atomic mass is 9.95. The third-order valence-corrected chi connectivity index (χ3v) is 4.11. The third kappa shape index (κ3) is 4.56. The molecule has 1 aromatic carbocycles. The van der Waals surface area contributed by atoms with Crippen molar-refractivity contribution < 1.29 is 4.39 Å². The molecule has 21 heavy (non-hydrogen) atoms. The van der Waals surface area contributed by atoms with Crippen molar-refractivity contribution in [3.05, 3.63) is 35.6 Å². The smallest absolute Gasteiger partial charge is 0.191 e. The molecular weight excluding hydrogens is 380 g/mol. The second kappa shape index (κ2) is 7.96. The van der Waals surface area contributed by atoms with Crippen LogP contribution in [0.1, 0.15) is 38.7 Å². The average Bonchev–Trinajstić information content (AvgIpc) is 3.24. The van der Waals surface area contributed by atoms with Gasteiger partial charge >= 0.3 is 0 Å². The first kappa shape index (κ1) is 18.2. The van der Waals surface area contributed by atoms with Crippen LogP contribution in [0.25, 0.3) is 0 Å². The van der Waals surface area contributed by atoms with E-state index in [1.807, 2.05) is 12.1 Å².